The predicted octanol–water partition coefficient (Wildman–Crippen LogP) is 3.02. The van der Waals surface area contributed by atoms with Crippen LogP contribution in [0.3, 0.4) is 0 Å². The largest absolute Gasteiger partial charge is 0.373 e. The van der Waals surface area contributed by atoms with Crippen LogP contribution in [0.4, 0.5) is 11.6 Å². The summed E-state index contributed by atoms with van der Waals surface area (Å²) >= 11 is 0. The molecule has 1 aromatic heterocycles. The van der Waals surface area contributed by atoms with Crippen molar-refractivity contribution in [2.24, 2.45) is 0 Å². The molecule has 0 amide bonds. The molecule has 4 nitrogen and oxygen atoms in total. The third kappa shape index (κ3) is 2.57. The van der Waals surface area contributed by atoms with E-state index in [1.165, 1.54) is 12.8 Å². The zero-order valence-corrected chi connectivity index (χ0v) is 12.1. The van der Waals surface area contributed by atoms with Crippen LogP contribution in [-0.2, 0) is 0 Å². The second kappa shape index (κ2) is 4.75. The molecule has 1 N–H and O–H groups in total. The minimum Gasteiger partial charge on any atom is -0.373 e. The maximum Gasteiger partial charge on any atom is 0.136 e. The molecule has 0 unspecified atom stereocenters. The maximum absolute atomic E-state index is 4.73. The van der Waals surface area contributed by atoms with Crippen LogP contribution in [0.15, 0.2) is 6.07 Å². The second-order valence-corrected chi connectivity index (χ2v) is 5.72. The summed E-state index contributed by atoms with van der Waals surface area (Å²) in [6, 6.07) is 2.03. The van der Waals surface area contributed by atoms with Crippen LogP contribution in [0, 0.1) is 0 Å². The number of hydrogen-bond acceptors (Lipinski definition) is 4. The van der Waals surface area contributed by atoms with Crippen molar-refractivity contribution in [3.05, 3.63) is 11.9 Å². The highest BCUT2D eigenvalue weighted by molar-refractivity contribution is 5.50. The summed E-state index contributed by atoms with van der Waals surface area (Å²) in [5.41, 5.74) is 0.111. The molecular weight excluding hydrogens is 224 g/mol. The minimum absolute atomic E-state index is 0.111. The van der Waals surface area contributed by atoms with Gasteiger partial charge >= 0.3 is 0 Å². The molecule has 4 heteroatoms. The van der Waals surface area contributed by atoms with Crippen LogP contribution in [0.25, 0.3) is 0 Å². The van der Waals surface area contributed by atoms with Gasteiger partial charge < -0.3 is 10.2 Å². The summed E-state index contributed by atoms with van der Waals surface area (Å²) in [4.78, 5) is 11.5. The summed E-state index contributed by atoms with van der Waals surface area (Å²) in [6.07, 6.45) is 3.54. The van der Waals surface area contributed by atoms with Gasteiger partial charge in [-0.3, -0.25) is 0 Å². The van der Waals surface area contributed by atoms with Crippen molar-refractivity contribution < 1.29 is 0 Å². The zero-order chi connectivity index (χ0) is 13.3. The molecule has 0 spiro atoms. The van der Waals surface area contributed by atoms with Crippen molar-refractivity contribution in [2.75, 3.05) is 24.3 Å². The molecule has 100 valence electrons. The number of rotatable bonds is 5. The van der Waals surface area contributed by atoms with Gasteiger partial charge in [0.05, 0.1) is 0 Å². The number of nitrogens with zero attached hydrogens (tertiary/aromatic N) is 3. The first-order valence-corrected chi connectivity index (χ1v) is 6.78. The molecule has 0 radical (unpaired) electrons. The van der Waals surface area contributed by atoms with Gasteiger partial charge in [0.25, 0.3) is 0 Å². The Labute approximate surface area is 110 Å². The summed E-state index contributed by atoms with van der Waals surface area (Å²) in [5.74, 6) is 3.51. The third-order valence-electron chi connectivity index (χ3n) is 4.05. The van der Waals surface area contributed by atoms with Crippen LogP contribution in [0.5, 0.6) is 0 Å². The zero-order valence-electron chi connectivity index (χ0n) is 12.1. The van der Waals surface area contributed by atoms with Gasteiger partial charge in [0, 0.05) is 31.6 Å². The Balaban J connectivity index is 2.34. The van der Waals surface area contributed by atoms with Gasteiger partial charge in [0.2, 0.25) is 0 Å². The van der Waals surface area contributed by atoms with E-state index in [1.54, 1.807) is 0 Å². The molecule has 18 heavy (non-hydrogen) atoms. The summed E-state index contributed by atoms with van der Waals surface area (Å²) in [6.45, 7) is 6.69. The van der Waals surface area contributed by atoms with Gasteiger partial charge in [-0.2, -0.15) is 0 Å². The molecule has 0 aromatic carbocycles. The summed E-state index contributed by atoms with van der Waals surface area (Å²) < 4.78 is 0. The fraction of sp³-hybridized carbons (Fsp3) is 0.714. The molecule has 0 atom stereocenters. The maximum atomic E-state index is 4.73. The van der Waals surface area contributed by atoms with E-state index in [1.807, 2.05) is 13.1 Å². The van der Waals surface area contributed by atoms with E-state index in [-0.39, 0.29) is 5.54 Å². The number of anilines is 2. The number of hydrogen-bond donors (Lipinski definition) is 1. The Morgan fingerprint density at radius 1 is 1.39 bits per heavy atom. The summed E-state index contributed by atoms with van der Waals surface area (Å²) in [5, 5.41) is 3.14. The first kappa shape index (κ1) is 13.1. The van der Waals surface area contributed by atoms with Crippen molar-refractivity contribution in [3.8, 4) is 0 Å². The molecule has 1 fully saturated rings. The quantitative estimate of drug-likeness (QED) is 0.869. The Hall–Kier alpha value is -1.32. The molecular formula is C14H24N4. The smallest absolute Gasteiger partial charge is 0.136 e. The first-order valence-electron chi connectivity index (χ1n) is 6.78. The van der Waals surface area contributed by atoms with Crippen molar-refractivity contribution in [3.63, 3.8) is 0 Å². The summed E-state index contributed by atoms with van der Waals surface area (Å²) in [7, 11) is 4.02. The molecule has 0 saturated heterocycles. The molecule has 1 aliphatic carbocycles. The van der Waals surface area contributed by atoms with Gasteiger partial charge in [-0.25, -0.2) is 9.97 Å². The van der Waals surface area contributed by atoms with Crippen molar-refractivity contribution in [2.45, 2.75) is 51.5 Å². The lowest BCUT2D eigenvalue weighted by molar-refractivity contribution is 0.466. The van der Waals surface area contributed by atoms with Gasteiger partial charge in [-0.15, -0.1) is 0 Å². The Kier molecular flexibility index (Phi) is 3.46. The average molecular weight is 248 g/mol. The van der Waals surface area contributed by atoms with E-state index in [2.05, 4.69) is 43.0 Å². The molecule has 1 aliphatic rings. The molecule has 1 saturated carbocycles. The SMILES string of the molecule is CCC(C)(C)N(C)c1cc(NC)nc(C2CC2)n1. The van der Waals surface area contributed by atoms with E-state index in [9.17, 15) is 0 Å². The number of aromatic nitrogens is 2. The molecule has 1 aromatic rings. The standard InChI is InChI=1S/C14H24N4/c1-6-14(2,3)18(5)12-9-11(15-4)16-13(17-12)10-7-8-10/h9-10H,6-8H2,1-5H3,(H,15,16,17). The monoisotopic (exact) mass is 248 g/mol. The lowest BCUT2D eigenvalue weighted by Crippen LogP contribution is -2.41. The fourth-order valence-corrected chi connectivity index (χ4v) is 1.82. The van der Waals surface area contributed by atoms with E-state index < -0.39 is 0 Å². The fourth-order valence-electron chi connectivity index (χ4n) is 1.82. The van der Waals surface area contributed by atoms with Gasteiger partial charge in [0.1, 0.15) is 17.5 Å². The van der Waals surface area contributed by atoms with E-state index in [0.29, 0.717) is 5.92 Å². The average Bonchev–Trinajstić information content (AvgIpc) is 3.21. The van der Waals surface area contributed by atoms with Gasteiger partial charge in [-0.1, -0.05) is 6.92 Å². The highest BCUT2D eigenvalue weighted by Gasteiger charge is 2.29. The van der Waals surface area contributed by atoms with Crippen molar-refractivity contribution in [1.29, 1.82) is 0 Å². The van der Waals surface area contributed by atoms with Gasteiger partial charge in [-0.05, 0) is 33.1 Å². The van der Waals surface area contributed by atoms with Gasteiger partial charge in [0.15, 0.2) is 0 Å². The highest BCUT2D eigenvalue weighted by Crippen LogP contribution is 2.39. The third-order valence-corrected chi connectivity index (χ3v) is 4.05. The lowest BCUT2D eigenvalue weighted by atomic mass is 10.00. The molecule has 1 heterocycles. The van der Waals surface area contributed by atoms with Crippen LogP contribution >= 0.6 is 0 Å². The Bertz CT molecular complexity index is 424. The normalized spacial score (nSPS) is 15.6. The molecule has 0 aliphatic heterocycles. The first-order chi connectivity index (χ1) is 8.47. The predicted molar refractivity (Wildman–Crippen MR) is 76.3 cm³/mol. The Morgan fingerprint density at radius 2 is 2.06 bits per heavy atom. The molecule has 2 rings (SSSR count). The van der Waals surface area contributed by atoms with Crippen LogP contribution in [-0.4, -0.2) is 29.6 Å². The molecule has 0 bridgehead atoms. The minimum atomic E-state index is 0.111. The Morgan fingerprint density at radius 3 is 2.56 bits per heavy atom. The van der Waals surface area contributed by atoms with Crippen molar-refractivity contribution >= 4 is 11.6 Å². The lowest BCUT2D eigenvalue weighted by Gasteiger charge is -2.36. The highest BCUT2D eigenvalue weighted by atomic mass is 15.2. The second-order valence-electron chi connectivity index (χ2n) is 5.72. The van der Waals surface area contributed by atoms with E-state index >= 15 is 0 Å². The van der Waals surface area contributed by atoms with Crippen LogP contribution < -0.4 is 10.2 Å². The van der Waals surface area contributed by atoms with Crippen LogP contribution in [0.2, 0.25) is 0 Å². The number of nitrogens with one attached hydrogen (secondary N) is 1. The van der Waals surface area contributed by atoms with E-state index in [0.717, 1.165) is 23.9 Å². The van der Waals surface area contributed by atoms with E-state index in [4.69, 9.17) is 4.98 Å². The topological polar surface area (TPSA) is 41.0 Å². The van der Waals surface area contributed by atoms with Crippen molar-refractivity contribution in [1.82, 2.24) is 9.97 Å². The van der Waals surface area contributed by atoms with Crippen LogP contribution in [0.1, 0.15) is 51.8 Å².